The molecule has 0 radical (unpaired) electrons. The molecular formula is C9H15N7O2. The molecule has 0 aliphatic heterocycles. The van der Waals surface area contributed by atoms with Crippen LogP contribution >= 0.6 is 0 Å². The second-order valence-electron chi connectivity index (χ2n) is 3.92. The number of nitrogens with one attached hydrogen (secondary N) is 1. The van der Waals surface area contributed by atoms with Crippen molar-refractivity contribution in [2.75, 3.05) is 28.2 Å². The minimum absolute atomic E-state index is 0.000365. The molecule has 0 aliphatic rings. The van der Waals surface area contributed by atoms with Crippen LogP contribution in [-0.2, 0) is 0 Å². The highest BCUT2D eigenvalue weighted by atomic mass is 16.6. The van der Waals surface area contributed by atoms with Gasteiger partial charge in [0.15, 0.2) is 0 Å². The van der Waals surface area contributed by atoms with E-state index >= 15 is 0 Å². The maximum Gasteiger partial charge on any atom is 0.359 e. The van der Waals surface area contributed by atoms with Crippen molar-refractivity contribution in [3.8, 4) is 0 Å². The van der Waals surface area contributed by atoms with Crippen LogP contribution in [-0.4, -0.2) is 65.8 Å². The molecule has 0 amide bonds. The van der Waals surface area contributed by atoms with E-state index in [4.69, 9.17) is 0 Å². The molecule has 0 unspecified atom stereocenters. The zero-order valence-corrected chi connectivity index (χ0v) is 10.7. The highest BCUT2D eigenvalue weighted by Crippen LogP contribution is 2.33. The summed E-state index contributed by atoms with van der Waals surface area (Å²) in [6.07, 6.45) is 2.88. The van der Waals surface area contributed by atoms with Gasteiger partial charge >= 0.3 is 5.69 Å². The van der Waals surface area contributed by atoms with E-state index in [0.29, 0.717) is 0 Å². The normalized spacial score (nSPS) is 11.3. The highest BCUT2D eigenvalue weighted by Gasteiger charge is 2.23. The first-order valence-electron chi connectivity index (χ1n) is 5.05. The molecule has 0 aromatic carbocycles. The van der Waals surface area contributed by atoms with Gasteiger partial charge in [0, 0.05) is 28.2 Å². The van der Waals surface area contributed by atoms with E-state index in [2.05, 4.69) is 20.2 Å². The van der Waals surface area contributed by atoms with Crippen LogP contribution in [0, 0.1) is 10.1 Å². The molecule has 0 saturated carbocycles. The van der Waals surface area contributed by atoms with Gasteiger partial charge in [0.2, 0.25) is 5.82 Å². The van der Waals surface area contributed by atoms with E-state index in [1.165, 1.54) is 12.7 Å². The van der Waals surface area contributed by atoms with Gasteiger partial charge in [0.05, 0.1) is 17.6 Å². The number of aromatic nitrogens is 2. The van der Waals surface area contributed by atoms with Crippen LogP contribution in [0.2, 0.25) is 0 Å². The van der Waals surface area contributed by atoms with Crippen LogP contribution in [0.5, 0.6) is 0 Å². The molecule has 9 nitrogen and oxygen atoms in total. The van der Waals surface area contributed by atoms with Crippen molar-refractivity contribution < 1.29 is 4.92 Å². The Bertz CT molecular complexity index is 440. The lowest BCUT2D eigenvalue weighted by Gasteiger charge is -2.01. The maximum atomic E-state index is 11.0. The van der Waals surface area contributed by atoms with Gasteiger partial charge in [-0.15, -0.1) is 5.10 Å². The summed E-state index contributed by atoms with van der Waals surface area (Å²) in [4.78, 5) is 21.5. The van der Waals surface area contributed by atoms with Crippen molar-refractivity contribution in [2.24, 2.45) is 9.98 Å². The summed E-state index contributed by atoms with van der Waals surface area (Å²) in [5.41, 5.74) is -0.244. The van der Waals surface area contributed by atoms with Crippen molar-refractivity contribution >= 4 is 30.0 Å². The van der Waals surface area contributed by atoms with Crippen LogP contribution in [0.4, 0.5) is 17.3 Å². The predicted octanol–water partition coefficient (Wildman–Crippen LogP) is 0.761. The number of H-pyrrole nitrogens is 1. The molecule has 0 fully saturated rings. The molecule has 1 rings (SSSR count). The third kappa shape index (κ3) is 3.54. The minimum atomic E-state index is -0.561. The second-order valence-corrected chi connectivity index (χ2v) is 3.92. The topological polar surface area (TPSA) is 103 Å². The van der Waals surface area contributed by atoms with Gasteiger partial charge in [-0.3, -0.25) is 15.2 Å². The van der Waals surface area contributed by atoms with Crippen molar-refractivity contribution in [3.05, 3.63) is 10.1 Å². The average molecular weight is 253 g/mol. The summed E-state index contributed by atoms with van der Waals surface area (Å²) < 4.78 is 0. The SMILES string of the molecule is CN(C)C=Nc1n[nH]c(N=CN(C)C)c1[N+](=O)[O-]. The number of rotatable bonds is 5. The minimum Gasteiger partial charge on any atom is -0.369 e. The van der Waals surface area contributed by atoms with E-state index in [0.717, 1.165) is 0 Å². The van der Waals surface area contributed by atoms with Crippen molar-refractivity contribution in [3.63, 3.8) is 0 Å². The van der Waals surface area contributed by atoms with Gasteiger partial charge < -0.3 is 9.80 Å². The lowest BCUT2D eigenvalue weighted by Crippen LogP contribution is -2.07. The molecule has 18 heavy (non-hydrogen) atoms. The number of hydrogen-bond acceptors (Lipinski definition) is 5. The van der Waals surface area contributed by atoms with Gasteiger partial charge in [0.1, 0.15) is 0 Å². The number of aromatic amines is 1. The van der Waals surface area contributed by atoms with Crippen molar-refractivity contribution in [2.45, 2.75) is 0 Å². The fourth-order valence-electron chi connectivity index (χ4n) is 1.01. The zero-order valence-electron chi connectivity index (χ0n) is 10.7. The zero-order chi connectivity index (χ0) is 13.7. The van der Waals surface area contributed by atoms with Gasteiger partial charge in [0.25, 0.3) is 5.82 Å². The lowest BCUT2D eigenvalue weighted by atomic mass is 10.5. The highest BCUT2D eigenvalue weighted by molar-refractivity contribution is 5.73. The predicted molar refractivity (Wildman–Crippen MR) is 68.9 cm³/mol. The Balaban J connectivity index is 3.11. The Hall–Kier alpha value is -2.45. The van der Waals surface area contributed by atoms with Gasteiger partial charge in [-0.2, -0.15) is 0 Å². The Kier molecular flexibility index (Phi) is 4.35. The molecule has 1 aromatic rings. The molecule has 0 aliphatic carbocycles. The summed E-state index contributed by atoms with van der Waals surface area (Å²) in [6, 6.07) is 0. The molecule has 98 valence electrons. The molecule has 0 spiro atoms. The molecular weight excluding hydrogens is 238 g/mol. The fraction of sp³-hybridized carbons (Fsp3) is 0.444. The van der Waals surface area contributed by atoms with Crippen molar-refractivity contribution in [1.82, 2.24) is 20.0 Å². The fourth-order valence-corrected chi connectivity index (χ4v) is 1.01. The van der Waals surface area contributed by atoms with Gasteiger partial charge in [-0.25, -0.2) is 9.98 Å². The molecule has 1 heterocycles. The Morgan fingerprint density at radius 3 is 2.28 bits per heavy atom. The molecule has 0 bridgehead atoms. The van der Waals surface area contributed by atoms with Gasteiger partial charge in [-0.05, 0) is 0 Å². The molecule has 1 N–H and O–H groups in total. The first-order chi connectivity index (χ1) is 8.41. The standard InChI is InChI=1S/C9H15N7O2/c1-14(2)5-10-8-7(16(17)18)9(13-12-8)11-6-15(3)4/h5-6H,1-4H3,(H,12,13). The Labute approximate surface area is 104 Å². The van der Waals surface area contributed by atoms with Crippen LogP contribution in [0.25, 0.3) is 0 Å². The Morgan fingerprint density at radius 1 is 1.22 bits per heavy atom. The smallest absolute Gasteiger partial charge is 0.359 e. The quantitative estimate of drug-likeness (QED) is 0.361. The van der Waals surface area contributed by atoms with E-state index in [9.17, 15) is 10.1 Å². The van der Waals surface area contributed by atoms with Crippen LogP contribution in [0.3, 0.4) is 0 Å². The van der Waals surface area contributed by atoms with Crippen molar-refractivity contribution in [1.29, 1.82) is 0 Å². The third-order valence-electron chi connectivity index (χ3n) is 1.72. The summed E-state index contributed by atoms with van der Waals surface area (Å²) in [5.74, 6) is 0.0687. The monoisotopic (exact) mass is 253 g/mol. The number of nitro groups is 1. The third-order valence-corrected chi connectivity index (χ3v) is 1.72. The van der Waals surface area contributed by atoms with E-state index in [1.807, 2.05) is 0 Å². The number of nitrogens with zero attached hydrogens (tertiary/aromatic N) is 6. The molecule has 0 atom stereocenters. The molecule has 0 saturated heterocycles. The number of aliphatic imine (C=N–C) groups is 2. The number of hydrogen-bond donors (Lipinski definition) is 1. The van der Waals surface area contributed by atoms with Gasteiger partial charge in [-0.1, -0.05) is 0 Å². The van der Waals surface area contributed by atoms with E-state index < -0.39 is 4.92 Å². The summed E-state index contributed by atoms with van der Waals surface area (Å²) in [6.45, 7) is 0. The second kappa shape index (κ2) is 5.75. The molecule has 1 aromatic heterocycles. The summed E-state index contributed by atoms with van der Waals surface area (Å²) in [7, 11) is 7.04. The van der Waals surface area contributed by atoms with Crippen LogP contribution < -0.4 is 0 Å². The first kappa shape index (κ1) is 13.6. The molecule has 9 heteroatoms. The van der Waals surface area contributed by atoms with E-state index in [1.54, 1.807) is 38.0 Å². The first-order valence-corrected chi connectivity index (χ1v) is 5.05. The lowest BCUT2D eigenvalue weighted by molar-refractivity contribution is -0.383. The van der Waals surface area contributed by atoms with E-state index in [-0.39, 0.29) is 17.3 Å². The van der Waals surface area contributed by atoms with Crippen LogP contribution in [0.1, 0.15) is 0 Å². The summed E-state index contributed by atoms with van der Waals surface area (Å²) in [5, 5.41) is 17.2. The summed E-state index contributed by atoms with van der Waals surface area (Å²) >= 11 is 0. The largest absolute Gasteiger partial charge is 0.369 e. The maximum absolute atomic E-state index is 11.0. The average Bonchev–Trinajstić information content (AvgIpc) is 2.66. The Morgan fingerprint density at radius 2 is 1.78 bits per heavy atom. The van der Waals surface area contributed by atoms with Crippen LogP contribution in [0.15, 0.2) is 9.98 Å².